The highest BCUT2D eigenvalue weighted by Gasteiger charge is 2.62. The molecule has 0 radical (unpaired) electrons. The van der Waals surface area contributed by atoms with Crippen LogP contribution in [-0.4, -0.2) is 20.6 Å². The molecule has 0 amide bonds. The quantitative estimate of drug-likeness (QED) is 0.636. The molecule has 0 bridgehead atoms. The van der Waals surface area contributed by atoms with Crippen LogP contribution in [0, 0.1) is 0 Å². The number of hydrogen-bond acceptors (Lipinski definition) is 4. The summed E-state index contributed by atoms with van der Waals surface area (Å²) in [7, 11) is 0. The summed E-state index contributed by atoms with van der Waals surface area (Å²) in [4.78, 5) is 4.91. The monoisotopic (exact) mass is 436 g/mol. The highest BCUT2D eigenvalue weighted by molar-refractivity contribution is 7.78. The predicted octanol–water partition coefficient (Wildman–Crippen LogP) is 4.95. The molecule has 1 heterocycles. The average Bonchev–Trinajstić information content (AvgIpc) is 3.00. The molecule has 0 saturated heterocycles. The lowest BCUT2D eigenvalue weighted by atomic mass is 9.86. The predicted molar refractivity (Wildman–Crippen MR) is 95.5 cm³/mol. The lowest BCUT2D eigenvalue weighted by Gasteiger charge is -2.29. The van der Waals surface area contributed by atoms with Crippen molar-refractivity contribution in [1.29, 1.82) is 0 Å². The number of oxime groups is 1. The minimum absolute atomic E-state index is 0.0492. The van der Waals surface area contributed by atoms with Crippen LogP contribution in [0.4, 0.5) is 13.2 Å². The Hall–Kier alpha value is -1.61. The van der Waals surface area contributed by atoms with Crippen molar-refractivity contribution in [1.82, 2.24) is 0 Å². The third kappa shape index (κ3) is 4.13. The van der Waals surface area contributed by atoms with E-state index in [1.807, 2.05) is 0 Å². The fourth-order valence-corrected chi connectivity index (χ4v) is 3.77. The Kier molecular flexibility index (Phi) is 5.54. The standard InChI is InChI=1S/C17H12Cl2F3NO3S/c18-13-5-12(6-14(19)7-13)16(17(20,21)22)8-15(23-26-16)11-3-1-10(2-4-11)9-27(24)25/h1-7H,8-9H2,(H,24,25)/p-1. The van der Waals surface area contributed by atoms with E-state index in [-0.39, 0.29) is 27.1 Å². The molecule has 144 valence electrons. The maximum atomic E-state index is 13.9. The van der Waals surface area contributed by atoms with Crippen molar-refractivity contribution in [3.05, 3.63) is 69.2 Å². The molecule has 0 saturated carbocycles. The molecule has 0 N–H and O–H groups in total. The van der Waals surface area contributed by atoms with E-state index in [0.29, 0.717) is 11.1 Å². The largest absolute Gasteiger partial charge is 0.772 e. The molecule has 4 nitrogen and oxygen atoms in total. The summed E-state index contributed by atoms with van der Waals surface area (Å²) in [5.74, 6) is -0.184. The number of halogens is 5. The highest BCUT2D eigenvalue weighted by Crippen LogP contribution is 2.49. The Morgan fingerprint density at radius 1 is 1.15 bits per heavy atom. The van der Waals surface area contributed by atoms with Gasteiger partial charge in [0.2, 0.25) is 0 Å². The van der Waals surface area contributed by atoms with Gasteiger partial charge in [0.1, 0.15) is 0 Å². The van der Waals surface area contributed by atoms with Gasteiger partial charge in [0, 0.05) is 27.8 Å². The first kappa shape index (κ1) is 20.1. The Morgan fingerprint density at radius 3 is 2.26 bits per heavy atom. The van der Waals surface area contributed by atoms with Crippen LogP contribution in [0.3, 0.4) is 0 Å². The number of nitrogens with zero attached hydrogens (tertiary/aromatic N) is 1. The molecular formula is C17H11Cl2F3NO3S-. The zero-order valence-electron chi connectivity index (χ0n) is 13.4. The summed E-state index contributed by atoms with van der Waals surface area (Å²) in [6, 6.07) is 9.64. The van der Waals surface area contributed by atoms with Crippen LogP contribution in [0.1, 0.15) is 23.1 Å². The third-order valence-corrected chi connectivity index (χ3v) is 5.09. The van der Waals surface area contributed by atoms with Gasteiger partial charge in [-0.25, -0.2) is 0 Å². The van der Waals surface area contributed by atoms with Gasteiger partial charge >= 0.3 is 6.18 Å². The van der Waals surface area contributed by atoms with Crippen LogP contribution in [0.2, 0.25) is 10.0 Å². The molecule has 0 spiro atoms. The fourth-order valence-electron chi connectivity index (χ4n) is 2.77. The van der Waals surface area contributed by atoms with Crippen molar-refractivity contribution in [2.24, 2.45) is 5.16 Å². The van der Waals surface area contributed by atoms with Crippen molar-refractivity contribution in [3.63, 3.8) is 0 Å². The summed E-state index contributed by atoms with van der Waals surface area (Å²) < 4.78 is 63.2. The van der Waals surface area contributed by atoms with Crippen molar-refractivity contribution < 1.29 is 26.8 Å². The Bertz CT molecular complexity index is 898. The van der Waals surface area contributed by atoms with Gasteiger partial charge < -0.3 is 9.39 Å². The smallest absolute Gasteiger partial charge is 0.435 e. The number of rotatable bonds is 4. The first-order chi connectivity index (χ1) is 12.6. The van der Waals surface area contributed by atoms with E-state index in [4.69, 9.17) is 28.0 Å². The molecular weight excluding hydrogens is 426 g/mol. The minimum Gasteiger partial charge on any atom is -0.772 e. The molecule has 0 aromatic heterocycles. The van der Waals surface area contributed by atoms with Gasteiger partial charge in [-0.3, -0.25) is 4.21 Å². The van der Waals surface area contributed by atoms with Gasteiger partial charge in [-0.2, -0.15) is 13.2 Å². The van der Waals surface area contributed by atoms with Crippen LogP contribution in [0.5, 0.6) is 0 Å². The van der Waals surface area contributed by atoms with E-state index in [1.165, 1.54) is 30.3 Å². The van der Waals surface area contributed by atoms with Gasteiger partial charge in [0.05, 0.1) is 5.71 Å². The molecule has 2 atom stereocenters. The first-order valence-electron chi connectivity index (χ1n) is 7.54. The zero-order chi connectivity index (χ0) is 19.8. The molecule has 10 heteroatoms. The summed E-state index contributed by atoms with van der Waals surface area (Å²) in [6.45, 7) is 0. The van der Waals surface area contributed by atoms with E-state index in [9.17, 15) is 21.9 Å². The van der Waals surface area contributed by atoms with E-state index in [0.717, 1.165) is 12.1 Å². The van der Waals surface area contributed by atoms with Crippen molar-refractivity contribution >= 4 is 40.0 Å². The Balaban J connectivity index is 1.94. The second-order valence-corrected chi connectivity index (χ2v) is 7.70. The summed E-state index contributed by atoms with van der Waals surface area (Å²) in [5, 5.41) is 3.74. The van der Waals surface area contributed by atoms with Gasteiger partial charge in [-0.05, 0) is 29.3 Å². The number of benzene rings is 2. The molecule has 2 unspecified atom stereocenters. The van der Waals surface area contributed by atoms with Crippen molar-refractivity contribution in [3.8, 4) is 0 Å². The zero-order valence-corrected chi connectivity index (χ0v) is 15.8. The molecule has 1 aliphatic rings. The second-order valence-electron chi connectivity index (χ2n) is 5.93. The van der Waals surface area contributed by atoms with Gasteiger partial charge in [-0.1, -0.05) is 63.7 Å². The molecule has 27 heavy (non-hydrogen) atoms. The molecule has 1 aliphatic heterocycles. The maximum Gasteiger partial charge on any atom is 0.435 e. The second kappa shape index (κ2) is 7.43. The van der Waals surface area contributed by atoms with E-state index in [2.05, 4.69) is 5.16 Å². The summed E-state index contributed by atoms with van der Waals surface area (Å²) >= 11 is 9.46. The van der Waals surface area contributed by atoms with Crippen LogP contribution in [-0.2, 0) is 27.3 Å². The summed E-state index contributed by atoms with van der Waals surface area (Å²) in [5.41, 5.74) is -1.96. The lowest BCUT2D eigenvalue weighted by Crippen LogP contribution is -2.42. The van der Waals surface area contributed by atoms with Gasteiger partial charge in [0.25, 0.3) is 5.60 Å². The SMILES string of the molecule is O=S([O-])Cc1ccc(C2=NOC(c3cc(Cl)cc(Cl)c3)(C(F)(F)F)C2)cc1. The lowest BCUT2D eigenvalue weighted by molar-refractivity contribution is -0.275. The fraction of sp³-hybridized carbons (Fsp3) is 0.235. The van der Waals surface area contributed by atoms with Gasteiger partial charge in [0.15, 0.2) is 0 Å². The minimum atomic E-state index is -4.77. The summed E-state index contributed by atoms with van der Waals surface area (Å²) in [6.07, 6.45) is -5.34. The Labute approximate surface area is 165 Å². The van der Waals surface area contributed by atoms with Gasteiger partial charge in [-0.15, -0.1) is 0 Å². The highest BCUT2D eigenvalue weighted by atomic mass is 35.5. The third-order valence-electron chi connectivity index (χ3n) is 4.09. The number of alkyl halides is 3. The normalized spacial score (nSPS) is 20.9. The van der Waals surface area contributed by atoms with Crippen LogP contribution >= 0.6 is 23.2 Å². The Morgan fingerprint density at radius 2 is 1.74 bits per heavy atom. The van der Waals surface area contributed by atoms with Crippen LogP contribution in [0.15, 0.2) is 47.6 Å². The molecule has 2 aromatic carbocycles. The maximum absolute atomic E-state index is 13.9. The number of hydrogen-bond donors (Lipinski definition) is 0. The molecule has 0 fully saturated rings. The van der Waals surface area contributed by atoms with Crippen LogP contribution < -0.4 is 0 Å². The van der Waals surface area contributed by atoms with Crippen molar-refractivity contribution in [2.45, 2.75) is 24.0 Å². The topological polar surface area (TPSA) is 61.7 Å². The van der Waals surface area contributed by atoms with E-state index in [1.54, 1.807) is 0 Å². The molecule has 2 aromatic rings. The van der Waals surface area contributed by atoms with Crippen molar-refractivity contribution in [2.75, 3.05) is 0 Å². The molecule has 0 aliphatic carbocycles. The van der Waals surface area contributed by atoms with E-state index < -0.39 is 29.3 Å². The van der Waals surface area contributed by atoms with Crippen LogP contribution in [0.25, 0.3) is 0 Å². The van der Waals surface area contributed by atoms with E-state index >= 15 is 0 Å². The first-order valence-corrected chi connectivity index (χ1v) is 9.54. The average molecular weight is 437 g/mol. The molecule has 3 rings (SSSR count).